The average Bonchev–Trinajstić information content (AvgIpc) is 2.60. The maximum absolute atomic E-state index is 12.4. The SMILES string of the molecule is CCCCSC(C)C(=O)NCC1(c2cccc(Br)c2)CCOCC1. The molecule has 2 rings (SSSR count). The number of unbranched alkanes of at least 4 members (excludes halogenated alkanes) is 1. The molecule has 0 bridgehead atoms. The first-order valence-electron chi connectivity index (χ1n) is 8.80. The molecule has 0 aliphatic carbocycles. The molecule has 134 valence electrons. The second kappa shape index (κ2) is 9.83. The Morgan fingerprint density at radius 3 is 2.83 bits per heavy atom. The van der Waals surface area contributed by atoms with Gasteiger partial charge in [0.25, 0.3) is 0 Å². The number of rotatable bonds is 8. The number of amides is 1. The van der Waals surface area contributed by atoms with E-state index in [1.54, 1.807) is 11.8 Å². The maximum Gasteiger partial charge on any atom is 0.232 e. The molecule has 1 aliphatic heterocycles. The Kier molecular flexibility index (Phi) is 8.11. The standard InChI is InChI=1S/C19H28BrNO2S/c1-3-4-12-24-15(2)18(22)21-14-19(8-10-23-11-9-19)16-6-5-7-17(20)13-16/h5-7,13,15H,3-4,8-12,14H2,1-2H3,(H,21,22). The van der Waals surface area contributed by atoms with Gasteiger partial charge in [-0.2, -0.15) is 0 Å². The van der Waals surface area contributed by atoms with Crippen molar-refractivity contribution < 1.29 is 9.53 Å². The highest BCUT2D eigenvalue weighted by Gasteiger charge is 2.35. The van der Waals surface area contributed by atoms with Crippen LogP contribution in [0, 0.1) is 0 Å². The van der Waals surface area contributed by atoms with E-state index in [2.05, 4.69) is 46.4 Å². The predicted molar refractivity (Wildman–Crippen MR) is 106 cm³/mol. The summed E-state index contributed by atoms with van der Waals surface area (Å²) in [7, 11) is 0. The Morgan fingerprint density at radius 2 is 2.17 bits per heavy atom. The molecule has 0 saturated carbocycles. The molecule has 1 aliphatic rings. The summed E-state index contributed by atoms with van der Waals surface area (Å²) in [4.78, 5) is 12.4. The third kappa shape index (κ3) is 5.50. The number of halogens is 1. The minimum atomic E-state index is -0.0223. The van der Waals surface area contributed by atoms with E-state index >= 15 is 0 Å². The normalized spacial score (nSPS) is 18.1. The number of carbonyl (C=O) groups excluding carboxylic acids is 1. The van der Waals surface area contributed by atoms with E-state index in [9.17, 15) is 4.79 Å². The average molecular weight is 414 g/mol. The monoisotopic (exact) mass is 413 g/mol. The molecule has 1 amide bonds. The first-order valence-corrected chi connectivity index (χ1v) is 10.6. The fourth-order valence-corrected chi connectivity index (χ4v) is 4.47. The van der Waals surface area contributed by atoms with Gasteiger partial charge in [-0.3, -0.25) is 4.79 Å². The highest BCUT2D eigenvalue weighted by Crippen LogP contribution is 2.35. The largest absolute Gasteiger partial charge is 0.381 e. The minimum absolute atomic E-state index is 0.0101. The molecule has 1 N–H and O–H groups in total. The lowest BCUT2D eigenvalue weighted by molar-refractivity contribution is -0.120. The van der Waals surface area contributed by atoms with Crippen molar-refractivity contribution in [2.45, 2.75) is 50.2 Å². The minimum Gasteiger partial charge on any atom is -0.381 e. The van der Waals surface area contributed by atoms with Crippen LogP contribution in [0.25, 0.3) is 0 Å². The maximum atomic E-state index is 12.4. The van der Waals surface area contributed by atoms with Crippen molar-refractivity contribution in [3.63, 3.8) is 0 Å². The van der Waals surface area contributed by atoms with E-state index in [1.807, 2.05) is 13.0 Å². The second-order valence-corrected chi connectivity index (χ2v) is 8.85. The van der Waals surface area contributed by atoms with Crippen molar-refractivity contribution in [3.8, 4) is 0 Å². The number of ether oxygens (including phenoxy) is 1. The summed E-state index contributed by atoms with van der Waals surface area (Å²) in [6.07, 6.45) is 4.23. The predicted octanol–water partition coefficient (Wildman–Crippen LogP) is 4.54. The summed E-state index contributed by atoms with van der Waals surface area (Å²) in [5.74, 6) is 1.20. The van der Waals surface area contributed by atoms with E-state index in [0.717, 1.165) is 36.3 Å². The van der Waals surface area contributed by atoms with Crippen LogP contribution in [-0.2, 0) is 14.9 Å². The molecule has 1 aromatic rings. The van der Waals surface area contributed by atoms with E-state index in [1.165, 1.54) is 18.4 Å². The van der Waals surface area contributed by atoms with Crippen LogP contribution < -0.4 is 5.32 Å². The lowest BCUT2D eigenvalue weighted by atomic mass is 9.74. The van der Waals surface area contributed by atoms with Crippen LogP contribution in [0.5, 0.6) is 0 Å². The van der Waals surface area contributed by atoms with Crippen LogP contribution in [0.15, 0.2) is 28.7 Å². The molecule has 3 nitrogen and oxygen atoms in total. The van der Waals surface area contributed by atoms with Crippen molar-refractivity contribution in [2.24, 2.45) is 0 Å². The smallest absolute Gasteiger partial charge is 0.232 e. The molecular weight excluding hydrogens is 386 g/mol. The van der Waals surface area contributed by atoms with Crippen molar-refractivity contribution >= 4 is 33.6 Å². The van der Waals surface area contributed by atoms with Crippen molar-refractivity contribution in [2.75, 3.05) is 25.5 Å². The highest BCUT2D eigenvalue weighted by molar-refractivity contribution is 9.10. The van der Waals surface area contributed by atoms with Gasteiger partial charge in [-0.1, -0.05) is 41.4 Å². The van der Waals surface area contributed by atoms with Crippen LogP contribution >= 0.6 is 27.7 Å². The lowest BCUT2D eigenvalue weighted by Gasteiger charge is -2.38. The number of nitrogens with one attached hydrogen (secondary N) is 1. The number of thioether (sulfide) groups is 1. The van der Waals surface area contributed by atoms with Gasteiger partial charge >= 0.3 is 0 Å². The zero-order valence-electron chi connectivity index (χ0n) is 14.6. The third-order valence-electron chi connectivity index (χ3n) is 4.72. The molecule has 1 atom stereocenters. The molecule has 1 unspecified atom stereocenters. The molecular formula is C19H28BrNO2S. The van der Waals surface area contributed by atoms with Crippen LogP contribution in [0.1, 0.15) is 45.1 Å². The Labute approximate surface area is 158 Å². The third-order valence-corrected chi connectivity index (χ3v) is 6.45. The topological polar surface area (TPSA) is 38.3 Å². The number of hydrogen-bond acceptors (Lipinski definition) is 3. The van der Waals surface area contributed by atoms with Gasteiger partial charge < -0.3 is 10.1 Å². The van der Waals surface area contributed by atoms with Gasteiger partial charge in [-0.25, -0.2) is 0 Å². The summed E-state index contributed by atoms with van der Waals surface area (Å²) in [6, 6.07) is 8.46. The Bertz CT molecular complexity index is 532. The fraction of sp³-hybridized carbons (Fsp3) is 0.632. The van der Waals surface area contributed by atoms with Gasteiger partial charge in [-0.05, 0) is 49.6 Å². The van der Waals surface area contributed by atoms with Crippen molar-refractivity contribution in [1.29, 1.82) is 0 Å². The lowest BCUT2D eigenvalue weighted by Crippen LogP contribution is -2.46. The molecule has 5 heteroatoms. The van der Waals surface area contributed by atoms with Crippen LogP contribution in [-0.4, -0.2) is 36.7 Å². The number of benzene rings is 1. The van der Waals surface area contributed by atoms with E-state index < -0.39 is 0 Å². The van der Waals surface area contributed by atoms with Crippen LogP contribution in [0.2, 0.25) is 0 Å². The molecule has 1 saturated heterocycles. The molecule has 24 heavy (non-hydrogen) atoms. The number of hydrogen-bond donors (Lipinski definition) is 1. The van der Waals surface area contributed by atoms with Crippen molar-refractivity contribution in [3.05, 3.63) is 34.3 Å². The highest BCUT2D eigenvalue weighted by atomic mass is 79.9. The van der Waals surface area contributed by atoms with Gasteiger partial charge in [0, 0.05) is 29.6 Å². The van der Waals surface area contributed by atoms with Gasteiger partial charge in [-0.15, -0.1) is 11.8 Å². The second-order valence-electron chi connectivity index (χ2n) is 6.49. The molecule has 1 fully saturated rings. The fourth-order valence-electron chi connectivity index (χ4n) is 3.03. The quantitative estimate of drug-likeness (QED) is 0.635. The van der Waals surface area contributed by atoms with E-state index in [-0.39, 0.29) is 16.6 Å². The molecule has 1 aromatic carbocycles. The van der Waals surface area contributed by atoms with Crippen LogP contribution in [0.4, 0.5) is 0 Å². The first kappa shape index (κ1) is 19.8. The summed E-state index contributed by atoms with van der Waals surface area (Å²) < 4.78 is 6.65. The Morgan fingerprint density at radius 1 is 1.42 bits per heavy atom. The number of carbonyl (C=O) groups is 1. The molecule has 0 radical (unpaired) electrons. The Balaban J connectivity index is 2.00. The first-order chi connectivity index (χ1) is 11.6. The van der Waals surface area contributed by atoms with E-state index in [0.29, 0.717) is 6.54 Å². The van der Waals surface area contributed by atoms with Crippen molar-refractivity contribution in [1.82, 2.24) is 5.32 Å². The van der Waals surface area contributed by atoms with E-state index in [4.69, 9.17) is 4.74 Å². The molecule has 0 spiro atoms. The van der Waals surface area contributed by atoms with Gasteiger partial charge in [0.05, 0.1) is 5.25 Å². The summed E-state index contributed by atoms with van der Waals surface area (Å²) >= 11 is 5.32. The Hall–Kier alpha value is -0.520. The zero-order chi connectivity index (χ0) is 17.4. The van der Waals surface area contributed by atoms with Crippen LogP contribution in [0.3, 0.4) is 0 Å². The molecule has 0 aromatic heterocycles. The zero-order valence-corrected chi connectivity index (χ0v) is 17.0. The van der Waals surface area contributed by atoms with Gasteiger partial charge in [0.2, 0.25) is 5.91 Å². The van der Waals surface area contributed by atoms with Gasteiger partial charge in [0.15, 0.2) is 0 Å². The summed E-state index contributed by atoms with van der Waals surface area (Å²) in [5.41, 5.74) is 1.26. The molecule has 1 heterocycles. The summed E-state index contributed by atoms with van der Waals surface area (Å²) in [5, 5.41) is 3.22. The summed E-state index contributed by atoms with van der Waals surface area (Å²) in [6.45, 7) is 6.38. The van der Waals surface area contributed by atoms with Gasteiger partial charge in [0.1, 0.15) is 0 Å².